The van der Waals surface area contributed by atoms with E-state index < -0.39 is 6.30 Å². The van der Waals surface area contributed by atoms with E-state index in [1.54, 1.807) is 0 Å². The third-order valence-corrected chi connectivity index (χ3v) is 3.04. The molecule has 1 heterocycles. The molecule has 1 aromatic rings. The van der Waals surface area contributed by atoms with Gasteiger partial charge in [0.05, 0.1) is 0 Å². The molecular weight excluding hydrogens is 203 g/mol. The summed E-state index contributed by atoms with van der Waals surface area (Å²) in [4.78, 5) is 1.92. The Balaban J connectivity index is 1.90. The molecule has 1 saturated heterocycles. The maximum absolute atomic E-state index is 14.0. The number of hydrogen-bond donors (Lipinski definition) is 1. The van der Waals surface area contributed by atoms with E-state index in [1.807, 2.05) is 35.2 Å². The van der Waals surface area contributed by atoms with Crippen LogP contribution in [-0.4, -0.2) is 36.9 Å². The number of hydrogen-bond acceptors (Lipinski definition) is 2. The Morgan fingerprint density at radius 2 is 2.19 bits per heavy atom. The maximum atomic E-state index is 14.0. The lowest BCUT2D eigenvalue weighted by Gasteiger charge is -2.34. The molecule has 0 amide bonds. The predicted molar refractivity (Wildman–Crippen MR) is 64.1 cm³/mol. The Hall–Kier alpha value is -0.930. The van der Waals surface area contributed by atoms with Gasteiger partial charge in [-0.1, -0.05) is 30.3 Å². The number of rotatable bonds is 3. The van der Waals surface area contributed by atoms with Gasteiger partial charge in [-0.2, -0.15) is 0 Å². The van der Waals surface area contributed by atoms with Crippen molar-refractivity contribution in [1.29, 1.82) is 0 Å². The van der Waals surface area contributed by atoms with Crippen molar-refractivity contribution in [2.45, 2.75) is 25.7 Å². The zero-order valence-corrected chi connectivity index (χ0v) is 9.70. The predicted octanol–water partition coefficient (Wildman–Crippen LogP) is 1.82. The van der Waals surface area contributed by atoms with Gasteiger partial charge in [0.15, 0.2) is 6.30 Å². The molecule has 0 aromatic heterocycles. The van der Waals surface area contributed by atoms with Gasteiger partial charge in [-0.3, -0.25) is 4.90 Å². The summed E-state index contributed by atoms with van der Waals surface area (Å²) in [6, 6.07) is 10.2. The van der Waals surface area contributed by atoms with Crippen molar-refractivity contribution in [2.24, 2.45) is 0 Å². The molecule has 88 valence electrons. The average Bonchev–Trinajstić information content (AvgIpc) is 2.30. The van der Waals surface area contributed by atoms with Crippen molar-refractivity contribution in [3.05, 3.63) is 35.9 Å². The SMILES string of the molecule is CC1CN([C@H](F)Cc2ccccc2)CCN1. The van der Waals surface area contributed by atoms with Crippen LogP contribution in [0.3, 0.4) is 0 Å². The van der Waals surface area contributed by atoms with Crippen LogP contribution in [0, 0.1) is 0 Å². The first kappa shape index (κ1) is 11.6. The van der Waals surface area contributed by atoms with Gasteiger partial charge >= 0.3 is 0 Å². The smallest absolute Gasteiger partial charge is 0.157 e. The fourth-order valence-electron chi connectivity index (χ4n) is 2.15. The highest BCUT2D eigenvalue weighted by atomic mass is 19.1. The molecule has 2 nitrogen and oxygen atoms in total. The van der Waals surface area contributed by atoms with Gasteiger partial charge in [-0.05, 0) is 12.5 Å². The number of benzene rings is 1. The molecule has 1 fully saturated rings. The number of halogens is 1. The summed E-state index contributed by atoms with van der Waals surface area (Å²) in [5.41, 5.74) is 1.07. The normalized spacial score (nSPS) is 24.2. The Labute approximate surface area is 96.5 Å². The molecule has 2 atom stereocenters. The molecule has 1 aliphatic heterocycles. The van der Waals surface area contributed by atoms with Crippen molar-refractivity contribution in [3.8, 4) is 0 Å². The quantitative estimate of drug-likeness (QED) is 0.785. The second kappa shape index (κ2) is 5.41. The third-order valence-electron chi connectivity index (χ3n) is 3.04. The van der Waals surface area contributed by atoms with E-state index in [9.17, 15) is 4.39 Å². The highest BCUT2D eigenvalue weighted by Gasteiger charge is 2.22. The van der Waals surface area contributed by atoms with E-state index in [2.05, 4.69) is 12.2 Å². The van der Waals surface area contributed by atoms with E-state index in [-0.39, 0.29) is 0 Å². The molecule has 3 heteroatoms. The van der Waals surface area contributed by atoms with Crippen LogP contribution in [-0.2, 0) is 6.42 Å². The number of nitrogens with zero attached hydrogens (tertiary/aromatic N) is 1. The highest BCUT2D eigenvalue weighted by Crippen LogP contribution is 2.12. The minimum atomic E-state index is -0.855. The van der Waals surface area contributed by atoms with Crippen LogP contribution in [0.1, 0.15) is 12.5 Å². The van der Waals surface area contributed by atoms with Gasteiger partial charge in [0.1, 0.15) is 0 Å². The number of piperazine rings is 1. The molecule has 1 aromatic carbocycles. The third kappa shape index (κ3) is 3.03. The van der Waals surface area contributed by atoms with Crippen LogP contribution < -0.4 is 5.32 Å². The second-order valence-electron chi connectivity index (χ2n) is 4.47. The van der Waals surface area contributed by atoms with Crippen LogP contribution in [0.4, 0.5) is 4.39 Å². The molecule has 0 spiro atoms. The van der Waals surface area contributed by atoms with Gasteiger partial charge in [-0.15, -0.1) is 0 Å². The van der Waals surface area contributed by atoms with Crippen molar-refractivity contribution in [3.63, 3.8) is 0 Å². The summed E-state index contributed by atoms with van der Waals surface area (Å²) < 4.78 is 14.0. The fraction of sp³-hybridized carbons (Fsp3) is 0.538. The standard InChI is InChI=1S/C13H19FN2/c1-11-10-16(8-7-15-11)13(14)9-12-5-3-2-4-6-12/h2-6,11,13,15H,7-10H2,1H3/t11?,13-/m0/s1. The number of nitrogens with one attached hydrogen (secondary N) is 1. The van der Waals surface area contributed by atoms with Crippen molar-refractivity contribution >= 4 is 0 Å². The lowest BCUT2D eigenvalue weighted by molar-refractivity contribution is 0.0572. The molecular formula is C13H19FN2. The van der Waals surface area contributed by atoms with E-state index in [1.165, 1.54) is 0 Å². The van der Waals surface area contributed by atoms with Crippen molar-refractivity contribution in [2.75, 3.05) is 19.6 Å². The summed E-state index contributed by atoms with van der Waals surface area (Å²) >= 11 is 0. The largest absolute Gasteiger partial charge is 0.312 e. The molecule has 1 unspecified atom stereocenters. The Bertz CT molecular complexity index is 315. The Morgan fingerprint density at radius 3 is 2.88 bits per heavy atom. The first-order valence-electron chi connectivity index (χ1n) is 5.91. The lowest BCUT2D eigenvalue weighted by atomic mass is 10.1. The molecule has 1 aliphatic rings. The summed E-state index contributed by atoms with van der Waals surface area (Å²) in [6.45, 7) is 4.59. The van der Waals surface area contributed by atoms with Crippen LogP contribution in [0.25, 0.3) is 0 Å². The molecule has 0 aliphatic carbocycles. The zero-order valence-electron chi connectivity index (χ0n) is 9.70. The first-order chi connectivity index (χ1) is 7.75. The molecule has 0 radical (unpaired) electrons. The monoisotopic (exact) mass is 222 g/mol. The molecule has 0 saturated carbocycles. The Morgan fingerprint density at radius 1 is 1.44 bits per heavy atom. The highest BCUT2D eigenvalue weighted by molar-refractivity contribution is 5.15. The van der Waals surface area contributed by atoms with Crippen LogP contribution in [0.15, 0.2) is 30.3 Å². The van der Waals surface area contributed by atoms with Crippen molar-refractivity contribution in [1.82, 2.24) is 10.2 Å². The minimum absolute atomic E-state index is 0.391. The maximum Gasteiger partial charge on any atom is 0.157 e. The van der Waals surface area contributed by atoms with Gasteiger partial charge < -0.3 is 5.32 Å². The van der Waals surface area contributed by atoms with Gasteiger partial charge in [-0.25, -0.2) is 4.39 Å². The van der Waals surface area contributed by atoms with Crippen LogP contribution in [0.5, 0.6) is 0 Å². The first-order valence-corrected chi connectivity index (χ1v) is 5.91. The summed E-state index contributed by atoms with van der Waals surface area (Å²) in [6.07, 6.45) is -0.361. The average molecular weight is 222 g/mol. The fourth-order valence-corrected chi connectivity index (χ4v) is 2.15. The summed E-state index contributed by atoms with van der Waals surface area (Å²) in [5.74, 6) is 0. The summed E-state index contributed by atoms with van der Waals surface area (Å²) in [7, 11) is 0. The van der Waals surface area contributed by atoms with E-state index in [0.29, 0.717) is 12.5 Å². The van der Waals surface area contributed by atoms with E-state index >= 15 is 0 Å². The van der Waals surface area contributed by atoms with E-state index in [0.717, 1.165) is 25.2 Å². The zero-order chi connectivity index (χ0) is 11.4. The molecule has 0 bridgehead atoms. The van der Waals surface area contributed by atoms with Crippen molar-refractivity contribution < 1.29 is 4.39 Å². The van der Waals surface area contributed by atoms with Crippen LogP contribution >= 0.6 is 0 Å². The van der Waals surface area contributed by atoms with Gasteiger partial charge in [0, 0.05) is 32.1 Å². The topological polar surface area (TPSA) is 15.3 Å². The summed E-state index contributed by atoms with van der Waals surface area (Å²) in [5, 5.41) is 3.32. The second-order valence-corrected chi connectivity index (χ2v) is 4.47. The minimum Gasteiger partial charge on any atom is -0.312 e. The molecule has 2 rings (SSSR count). The van der Waals surface area contributed by atoms with Gasteiger partial charge in [0.2, 0.25) is 0 Å². The van der Waals surface area contributed by atoms with E-state index in [4.69, 9.17) is 0 Å². The lowest BCUT2D eigenvalue weighted by Crippen LogP contribution is -2.52. The Kier molecular flexibility index (Phi) is 3.91. The molecule has 16 heavy (non-hydrogen) atoms. The molecule has 1 N–H and O–H groups in total. The number of alkyl halides is 1. The van der Waals surface area contributed by atoms with Crippen LogP contribution in [0.2, 0.25) is 0 Å². The van der Waals surface area contributed by atoms with Gasteiger partial charge in [0.25, 0.3) is 0 Å².